The van der Waals surface area contributed by atoms with Crippen LogP contribution in [0.2, 0.25) is 0 Å². The lowest BCUT2D eigenvalue weighted by atomic mass is 10.2. The summed E-state index contributed by atoms with van der Waals surface area (Å²) in [5.41, 5.74) is 3.51. The molecule has 0 saturated heterocycles. The Hall–Kier alpha value is -3.55. The first-order valence-corrected chi connectivity index (χ1v) is 8.89. The average Bonchev–Trinajstić information content (AvgIpc) is 3.19. The number of para-hydroxylation sites is 1. The van der Waals surface area contributed by atoms with Crippen molar-refractivity contribution in [1.29, 1.82) is 0 Å². The van der Waals surface area contributed by atoms with Gasteiger partial charge in [0.1, 0.15) is 5.75 Å². The number of amides is 2. The maximum absolute atomic E-state index is 12.1. The lowest BCUT2D eigenvalue weighted by Gasteiger charge is -2.07. The number of rotatable bonds is 8. The quantitative estimate of drug-likeness (QED) is 0.537. The zero-order valence-electron chi connectivity index (χ0n) is 15.4. The summed E-state index contributed by atoms with van der Waals surface area (Å²) >= 11 is 0. The molecule has 2 aromatic carbocycles. The number of hydrogen-bond donors (Lipinski definition) is 2. The monoisotopic (exact) mass is 383 g/mol. The van der Waals surface area contributed by atoms with E-state index in [9.17, 15) is 9.59 Å². The SMILES string of the molecule is CCCOc1ccccc1C=NNC(=O)CNC(=O)c1ccc2c(c1)OCO2. The van der Waals surface area contributed by atoms with Crippen LogP contribution in [-0.2, 0) is 4.79 Å². The Kier molecular flexibility index (Phi) is 6.46. The second-order valence-corrected chi connectivity index (χ2v) is 5.93. The van der Waals surface area contributed by atoms with E-state index >= 15 is 0 Å². The molecule has 2 N–H and O–H groups in total. The van der Waals surface area contributed by atoms with Crippen LogP contribution in [0.15, 0.2) is 47.6 Å². The maximum atomic E-state index is 12.1. The van der Waals surface area contributed by atoms with Gasteiger partial charge in [0, 0.05) is 11.1 Å². The summed E-state index contributed by atoms with van der Waals surface area (Å²) < 4.78 is 16.1. The van der Waals surface area contributed by atoms with Gasteiger partial charge in [0.25, 0.3) is 11.8 Å². The van der Waals surface area contributed by atoms with Crippen LogP contribution in [0.3, 0.4) is 0 Å². The van der Waals surface area contributed by atoms with E-state index in [4.69, 9.17) is 14.2 Å². The zero-order valence-corrected chi connectivity index (χ0v) is 15.4. The molecule has 0 unspecified atom stereocenters. The van der Waals surface area contributed by atoms with Gasteiger partial charge in [-0.05, 0) is 36.8 Å². The van der Waals surface area contributed by atoms with Gasteiger partial charge < -0.3 is 19.5 Å². The third-order valence-corrected chi connectivity index (χ3v) is 3.82. The highest BCUT2D eigenvalue weighted by atomic mass is 16.7. The Morgan fingerprint density at radius 1 is 1.18 bits per heavy atom. The van der Waals surface area contributed by atoms with Crippen LogP contribution in [-0.4, -0.2) is 38.0 Å². The van der Waals surface area contributed by atoms with E-state index < -0.39 is 11.8 Å². The second kappa shape index (κ2) is 9.40. The number of carbonyl (C=O) groups is 2. The Balaban J connectivity index is 1.48. The smallest absolute Gasteiger partial charge is 0.259 e. The summed E-state index contributed by atoms with van der Waals surface area (Å²) in [4.78, 5) is 24.0. The number of fused-ring (bicyclic) bond motifs is 1. The number of carbonyl (C=O) groups excluding carboxylic acids is 2. The van der Waals surface area contributed by atoms with Gasteiger partial charge in [0.05, 0.1) is 19.4 Å². The number of benzene rings is 2. The lowest BCUT2D eigenvalue weighted by Crippen LogP contribution is -2.34. The Morgan fingerprint density at radius 3 is 2.86 bits per heavy atom. The van der Waals surface area contributed by atoms with Crippen LogP contribution in [0.5, 0.6) is 17.2 Å². The van der Waals surface area contributed by atoms with Crippen LogP contribution in [0.4, 0.5) is 0 Å². The minimum absolute atomic E-state index is 0.132. The molecule has 146 valence electrons. The maximum Gasteiger partial charge on any atom is 0.259 e. The number of ether oxygens (including phenoxy) is 3. The van der Waals surface area contributed by atoms with Crippen LogP contribution in [0.25, 0.3) is 0 Å². The van der Waals surface area contributed by atoms with E-state index in [1.165, 1.54) is 6.21 Å². The molecule has 0 saturated carbocycles. The third kappa shape index (κ3) is 5.00. The number of nitrogens with zero attached hydrogens (tertiary/aromatic N) is 1. The molecule has 0 spiro atoms. The predicted octanol–water partition coefficient (Wildman–Crippen LogP) is 2.08. The average molecular weight is 383 g/mol. The number of hydrazone groups is 1. The Labute approximate surface area is 162 Å². The van der Waals surface area contributed by atoms with Crippen molar-refractivity contribution in [2.75, 3.05) is 19.9 Å². The van der Waals surface area contributed by atoms with Gasteiger partial charge in [0.15, 0.2) is 11.5 Å². The molecule has 1 aliphatic heterocycles. The van der Waals surface area contributed by atoms with Crippen LogP contribution >= 0.6 is 0 Å². The van der Waals surface area contributed by atoms with Crippen molar-refractivity contribution in [3.63, 3.8) is 0 Å². The molecule has 0 fully saturated rings. The van der Waals surface area contributed by atoms with Gasteiger partial charge >= 0.3 is 0 Å². The summed E-state index contributed by atoms with van der Waals surface area (Å²) in [5.74, 6) is 0.948. The van der Waals surface area contributed by atoms with Crippen molar-refractivity contribution in [2.24, 2.45) is 5.10 Å². The molecule has 8 nitrogen and oxygen atoms in total. The molecule has 8 heteroatoms. The first-order valence-electron chi connectivity index (χ1n) is 8.89. The summed E-state index contributed by atoms with van der Waals surface area (Å²) in [6.07, 6.45) is 2.40. The topological polar surface area (TPSA) is 98.2 Å². The third-order valence-electron chi connectivity index (χ3n) is 3.82. The summed E-state index contributed by atoms with van der Waals surface area (Å²) in [6, 6.07) is 12.2. The fraction of sp³-hybridized carbons (Fsp3) is 0.250. The summed E-state index contributed by atoms with van der Waals surface area (Å²) in [6.45, 7) is 2.55. The molecule has 2 amide bonds. The van der Waals surface area contributed by atoms with Crippen molar-refractivity contribution in [2.45, 2.75) is 13.3 Å². The molecular formula is C20H21N3O5. The molecule has 2 aromatic rings. The van der Waals surface area contributed by atoms with Gasteiger partial charge in [-0.25, -0.2) is 5.43 Å². The highest BCUT2D eigenvalue weighted by molar-refractivity contribution is 5.97. The molecule has 28 heavy (non-hydrogen) atoms. The molecule has 0 aromatic heterocycles. The molecule has 3 rings (SSSR count). The van der Waals surface area contributed by atoms with Crippen molar-refractivity contribution < 1.29 is 23.8 Å². The van der Waals surface area contributed by atoms with E-state index in [1.54, 1.807) is 18.2 Å². The van der Waals surface area contributed by atoms with Gasteiger partial charge in [-0.1, -0.05) is 19.1 Å². The molecule has 0 radical (unpaired) electrons. The summed E-state index contributed by atoms with van der Waals surface area (Å²) in [5, 5.41) is 6.45. The van der Waals surface area contributed by atoms with Crippen molar-refractivity contribution >= 4 is 18.0 Å². The van der Waals surface area contributed by atoms with Gasteiger partial charge in [-0.15, -0.1) is 0 Å². The van der Waals surface area contributed by atoms with Gasteiger partial charge in [-0.2, -0.15) is 5.10 Å². The van der Waals surface area contributed by atoms with Crippen molar-refractivity contribution in [3.8, 4) is 17.2 Å². The Morgan fingerprint density at radius 2 is 2.00 bits per heavy atom. The second-order valence-electron chi connectivity index (χ2n) is 5.93. The first kappa shape index (κ1) is 19.2. The van der Waals surface area contributed by atoms with Gasteiger partial charge in [-0.3, -0.25) is 9.59 Å². The molecule has 1 aliphatic rings. The van der Waals surface area contributed by atoms with E-state index in [2.05, 4.69) is 15.8 Å². The van der Waals surface area contributed by atoms with E-state index in [0.29, 0.717) is 29.4 Å². The van der Waals surface area contributed by atoms with Crippen molar-refractivity contribution in [3.05, 3.63) is 53.6 Å². The molecular weight excluding hydrogens is 362 g/mol. The van der Waals surface area contributed by atoms with E-state index in [0.717, 1.165) is 12.0 Å². The molecule has 0 aliphatic carbocycles. The van der Waals surface area contributed by atoms with Crippen LogP contribution in [0.1, 0.15) is 29.3 Å². The fourth-order valence-corrected chi connectivity index (χ4v) is 2.44. The normalized spacial score (nSPS) is 12.0. The number of hydrogen-bond acceptors (Lipinski definition) is 6. The largest absolute Gasteiger partial charge is 0.493 e. The lowest BCUT2D eigenvalue weighted by molar-refractivity contribution is -0.120. The fourth-order valence-electron chi connectivity index (χ4n) is 2.44. The van der Waals surface area contributed by atoms with E-state index in [-0.39, 0.29) is 13.3 Å². The van der Waals surface area contributed by atoms with Crippen LogP contribution in [0, 0.1) is 0 Å². The van der Waals surface area contributed by atoms with E-state index in [1.807, 2.05) is 31.2 Å². The number of nitrogens with one attached hydrogen (secondary N) is 2. The molecule has 0 atom stereocenters. The molecule has 0 bridgehead atoms. The highest BCUT2D eigenvalue weighted by Gasteiger charge is 2.16. The zero-order chi connectivity index (χ0) is 19.8. The van der Waals surface area contributed by atoms with Crippen LogP contribution < -0.4 is 25.0 Å². The minimum atomic E-state index is -0.447. The molecule has 1 heterocycles. The minimum Gasteiger partial charge on any atom is -0.493 e. The summed E-state index contributed by atoms with van der Waals surface area (Å²) in [7, 11) is 0. The Bertz CT molecular complexity index is 882. The first-order chi connectivity index (χ1) is 13.7. The predicted molar refractivity (Wildman–Crippen MR) is 103 cm³/mol. The van der Waals surface area contributed by atoms with Gasteiger partial charge in [0.2, 0.25) is 6.79 Å². The standard InChI is InChI=1S/C20H21N3O5/c1-2-9-26-16-6-4-3-5-15(16)11-22-23-19(24)12-21-20(25)14-7-8-17-18(10-14)28-13-27-17/h3-8,10-11H,2,9,12-13H2,1H3,(H,21,25)(H,23,24). The highest BCUT2D eigenvalue weighted by Crippen LogP contribution is 2.32. The van der Waals surface area contributed by atoms with Crippen molar-refractivity contribution in [1.82, 2.24) is 10.7 Å².